The molecule has 0 spiro atoms. The van der Waals surface area contributed by atoms with Gasteiger partial charge in [0.05, 0.1) is 6.54 Å². The summed E-state index contributed by atoms with van der Waals surface area (Å²) in [4.78, 5) is 14.5. The van der Waals surface area contributed by atoms with Crippen molar-refractivity contribution in [1.82, 2.24) is 15.2 Å². The number of benzene rings is 1. The van der Waals surface area contributed by atoms with Gasteiger partial charge >= 0.3 is 12.1 Å². The first kappa shape index (κ1) is 16.0. The molecule has 1 aromatic carbocycles. The number of halogens is 3. The Morgan fingerprint density at radius 1 is 1.32 bits per heavy atom. The zero-order valence-corrected chi connectivity index (χ0v) is 11.5. The first-order valence-electron chi connectivity index (χ1n) is 6.30. The third-order valence-corrected chi connectivity index (χ3v) is 2.80. The Kier molecular flexibility index (Phi) is 4.45. The maximum absolute atomic E-state index is 12.4. The average molecular weight is 315 g/mol. The van der Waals surface area contributed by atoms with Crippen molar-refractivity contribution in [2.45, 2.75) is 26.1 Å². The molecule has 2 rings (SSSR count). The fourth-order valence-corrected chi connectivity index (χ4v) is 1.66. The van der Waals surface area contributed by atoms with Crippen LogP contribution in [0.5, 0.6) is 0 Å². The molecule has 22 heavy (non-hydrogen) atoms. The number of hydrogen-bond donors (Lipinski definition) is 1. The number of hydroxylamine groups is 2. The van der Waals surface area contributed by atoms with E-state index >= 15 is 0 Å². The van der Waals surface area contributed by atoms with Crippen molar-refractivity contribution >= 4 is 5.91 Å². The molecule has 0 aliphatic rings. The smallest absolute Gasteiger partial charge is 0.329 e. The zero-order valence-electron chi connectivity index (χ0n) is 11.5. The Labute approximate surface area is 123 Å². The minimum absolute atomic E-state index is 0.0208. The summed E-state index contributed by atoms with van der Waals surface area (Å²) in [6.45, 7) is 1.59. The van der Waals surface area contributed by atoms with Gasteiger partial charge < -0.3 is 4.52 Å². The second-order valence-corrected chi connectivity index (χ2v) is 4.42. The summed E-state index contributed by atoms with van der Waals surface area (Å²) in [5, 5.41) is 13.3. The topological polar surface area (TPSA) is 79.5 Å². The van der Waals surface area contributed by atoms with Crippen LogP contribution in [0.15, 0.2) is 28.8 Å². The molecule has 0 unspecified atom stereocenters. The summed E-state index contributed by atoms with van der Waals surface area (Å²) >= 11 is 0. The van der Waals surface area contributed by atoms with Crippen LogP contribution in [-0.4, -0.2) is 26.3 Å². The van der Waals surface area contributed by atoms with E-state index in [4.69, 9.17) is 0 Å². The maximum Gasteiger partial charge on any atom is 0.471 e. The van der Waals surface area contributed by atoms with E-state index in [0.29, 0.717) is 16.2 Å². The van der Waals surface area contributed by atoms with Gasteiger partial charge in [-0.15, -0.1) is 0 Å². The third-order valence-electron chi connectivity index (χ3n) is 2.80. The largest absolute Gasteiger partial charge is 0.471 e. The second kappa shape index (κ2) is 6.14. The minimum Gasteiger partial charge on any atom is -0.329 e. The second-order valence-electron chi connectivity index (χ2n) is 4.42. The number of aromatic nitrogens is 2. The highest BCUT2D eigenvalue weighted by Gasteiger charge is 2.38. The molecule has 1 N–H and O–H groups in total. The summed E-state index contributed by atoms with van der Waals surface area (Å²) < 4.78 is 41.3. The lowest BCUT2D eigenvalue weighted by Crippen LogP contribution is -2.25. The molecule has 0 aliphatic heterocycles. The molecule has 1 aromatic heterocycles. The normalized spacial score (nSPS) is 11.5. The summed E-state index contributed by atoms with van der Waals surface area (Å²) in [6, 6.07) is 6.05. The number of carbonyl (C=O) groups is 1. The van der Waals surface area contributed by atoms with Crippen LogP contribution in [0.3, 0.4) is 0 Å². The summed E-state index contributed by atoms with van der Waals surface area (Å²) in [5.74, 6) is -2.04. The lowest BCUT2D eigenvalue weighted by Gasteiger charge is -2.13. The van der Waals surface area contributed by atoms with E-state index < -0.39 is 18.0 Å². The van der Waals surface area contributed by atoms with Gasteiger partial charge in [0, 0.05) is 12.0 Å². The van der Waals surface area contributed by atoms with Gasteiger partial charge in [-0.3, -0.25) is 10.0 Å². The fourth-order valence-electron chi connectivity index (χ4n) is 1.66. The van der Waals surface area contributed by atoms with Crippen molar-refractivity contribution in [2.24, 2.45) is 0 Å². The van der Waals surface area contributed by atoms with Crippen molar-refractivity contribution in [3.05, 3.63) is 35.7 Å². The molecule has 1 amide bonds. The van der Waals surface area contributed by atoms with Gasteiger partial charge in [-0.05, 0) is 5.56 Å². The molecule has 0 radical (unpaired) electrons. The van der Waals surface area contributed by atoms with Crippen molar-refractivity contribution in [2.75, 3.05) is 0 Å². The number of amides is 1. The molecular weight excluding hydrogens is 303 g/mol. The van der Waals surface area contributed by atoms with Gasteiger partial charge in [-0.25, -0.2) is 5.06 Å². The highest BCUT2D eigenvalue weighted by molar-refractivity contribution is 5.74. The van der Waals surface area contributed by atoms with Gasteiger partial charge in [0.1, 0.15) is 0 Å². The first-order chi connectivity index (χ1) is 10.3. The standard InChI is InChI=1S/C13H12F3N3O3/c1-2-10(20)19(21)7-8-3-5-9(6-4-8)11-17-12(22-18-11)13(14,15)16/h3-6,21H,2,7H2,1H3. The fraction of sp³-hybridized carbons (Fsp3) is 0.308. The minimum atomic E-state index is -4.69. The van der Waals surface area contributed by atoms with E-state index in [2.05, 4.69) is 14.7 Å². The van der Waals surface area contributed by atoms with Crippen LogP contribution in [0.4, 0.5) is 13.2 Å². The summed E-state index contributed by atoms with van der Waals surface area (Å²) in [7, 11) is 0. The first-order valence-corrected chi connectivity index (χ1v) is 6.30. The van der Waals surface area contributed by atoms with Crippen LogP contribution in [0.25, 0.3) is 11.4 Å². The lowest BCUT2D eigenvalue weighted by atomic mass is 10.1. The predicted molar refractivity (Wildman–Crippen MR) is 67.4 cm³/mol. The Hall–Kier alpha value is -2.42. The maximum atomic E-state index is 12.4. The molecule has 6 nitrogen and oxygen atoms in total. The van der Waals surface area contributed by atoms with E-state index in [0.717, 1.165) is 0 Å². The molecule has 2 aromatic rings. The van der Waals surface area contributed by atoms with Crippen molar-refractivity contribution in [1.29, 1.82) is 0 Å². The molecule has 0 saturated carbocycles. The molecule has 0 bridgehead atoms. The lowest BCUT2D eigenvalue weighted by molar-refractivity contribution is -0.167. The SMILES string of the molecule is CCC(=O)N(O)Cc1ccc(-c2noc(C(F)(F)F)n2)cc1. The highest BCUT2D eigenvalue weighted by atomic mass is 19.4. The van der Waals surface area contributed by atoms with Crippen molar-refractivity contribution in [3.8, 4) is 11.4 Å². The Morgan fingerprint density at radius 2 is 1.95 bits per heavy atom. The van der Waals surface area contributed by atoms with Gasteiger partial charge in [0.25, 0.3) is 0 Å². The van der Waals surface area contributed by atoms with E-state index in [1.807, 2.05) is 0 Å². The average Bonchev–Trinajstić information content (AvgIpc) is 2.97. The number of hydrogen-bond acceptors (Lipinski definition) is 5. The molecule has 0 fully saturated rings. The van der Waals surface area contributed by atoms with Crippen molar-refractivity contribution in [3.63, 3.8) is 0 Å². The van der Waals surface area contributed by atoms with Crippen LogP contribution >= 0.6 is 0 Å². The van der Waals surface area contributed by atoms with Crippen molar-refractivity contribution < 1.29 is 27.7 Å². The van der Waals surface area contributed by atoms with Gasteiger partial charge in [-0.1, -0.05) is 36.3 Å². The quantitative estimate of drug-likeness (QED) is 0.693. The Bertz CT molecular complexity index is 653. The van der Waals surface area contributed by atoms with E-state index in [-0.39, 0.29) is 18.8 Å². The highest BCUT2D eigenvalue weighted by Crippen LogP contribution is 2.29. The van der Waals surface area contributed by atoms with Crippen LogP contribution in [-0.2, 0) is 17.5 Å². The zero-order chi connectivity index (χ0) is 16.3. The molecule has 0 atom stereocenters. The Morgan fingerprint density at radius 3 is 2.45 bits per heavy atom. The van der Waals surface area contributed by atoms with Crippen LogP contribution < -0.4 is 0 Å². The molecule has 118 valence electrons. The number of rotatable bonds is 4. The molecule has 0 saturated heterocycles. The van der Waals surface area contributed by atoms with Gasteiger partial charge in [0.2, 0.25) is 11.7 Å². The summed E-state index contributed by atoms with van der Waals surface area (Å²) in [6.07, 6.45) is -4.53. The van der Waals surface area contributed by atoms with E-state index in [9.17, 15) is 23.2 Å². The van der Waals surface area contributed by atoms with Crippen LogP contribution in [0, 0.1) is 0 Å². The number of nitrogens with zero attached hydrogens (tertiary/aromatic N) is 3. The monoisotopic (exact) mass is 315 g/mol. The van der Waals surface area contributed by atoms with E-state index in [1.54, 1.807) is 19.1 Å². The van der Waals surface area contributed by atoms with Crippen LogP contribution in [0.2, 0.25) is 0 Å². The van der Waals surface area contributed by atoms with Gasteiger partial charge in [0.15, 0.2) is 0 Å². The van der Waals surface area contributed by atoms with E-state index in [1.165, 1.54) is 12.1 Å². The van der Waals surface area contributed by atoms with Crippen LogP contribution in [0.1, 0.15) is 24.8 Å². The summed E-state index contributed by atoms with van der Waals surface area (Å²) in [5.41, 5.74) is 0.932. The number of alkyl halides is 3. The Balaban J connectivity index is 2.12. The molecule has 0 aliphatic carbocycles. The molecule has 1 heterocycles. The predicted octanol–water partition coefficient (Wildman–Crippen LogP) is 2.88. The molecule has 9 heteroatoms. The number of carbonyl (C=O) groups excluding carboxylic acids is 1. The third kappa shape index (κ3) is 3.61. The molecular formula is C13H12F3N3O3. The van der Waals surface area contributed by atoms with Gasteiger partial charge in [-0.2, -0.15) is 18.2 Å².